The minimum Gasteiger partial charge on any atom is -0.496 e. The van der Waals surface area contributed by atoms with Crippen LogP contribution in [-0.2, 0) is 5.75 Å². The molecular formula is C20H24ClNO2S. The largest absolute Gasteiger partial charge is 0.496 e. The van der Waals surface area contributed by atoms with Crippen LogP contribution in [0.25, 0.3) is 0 Å². The highest BCUT2D eigenvalue weighted by Crippen LogP contribution is 2.29. The van der Waals surface area contributed by atoms with Gasteiger partial charge in [0.25, 0.3) is 5.91 Å². The molecular weight excluding hydrogens is 354 g/mol. The minimum absolute atomic E-state index is 0.0310. The predicted octanol–water partition coefficient (Wildman–Crippen LogP) is 5.56. The van der Waals surface area contributed by atoms with Crippen LogP contribution in [0.5, 0.6) is 5.75 Å². The first-order valence-corrected chi connectivity index (χ1v) is 9.84. The average Bonchev–Trinajstić information content (AvgIpc) is 2.64. The SMILES string of the molecule is CCCCCNC(=O)c1ccc(OC)c(CSc2ccc(Cl)cc2)c1. The van der Waals surface area contributed by atoms with Crippen molar-refractivity contribution >= 4 is 29.3 Å². The standard InChI is InChI=1S/C20H24ClNO2S/c1-3-4-5-12-22-20(23)15-6-11-19(24-2)16(13-15)14-25-18-9-7-17(21)8-10-18/h6-11,13H,3-5,12,14H2,1-2H3,(H,22,23). The highest BCUT2D eigenvalue weighted by molar-refractivity contribution is 7.98. The molecule has 25 heavy (non-hydrogen) atoms. The number of methoxy groups -OCH3 is 1. The van der Waals surface area contributed by atoms with Crippen molar-refractivity contribution in [3.8, 4) is 5.75 Å². The summed E-state index contributed by atoms with van der Waals surface area (Å²) >= 11 is 7.61. The maximum atomic E-state index is 12.3. The lowest BCUT2D eigenvalue weighted by Gasteiger charge is -2.11. The smallest absolute Gasteiger partial charge is 0.251 e. The summed E-state index contributed by atoms with van der Waals surface area (Å²) in [5.41, 5.74) is 1.67. The molecule has 0 aliphatic heterocycles. The summed E-state index contributed by atoms with van der Waals surface area (Å²) < 4.78 is 5.43. The normalized spacial score (nSPS) is 10.5. The van der Waals surface area contributed by atoms with Crippen LogP contribution < -0.4 is 10.1 Å². The van der Waals surface area contributed by atoms with Gasteiger partial charge in [-0.3, -0.25) is 4.79 Å². The number of unbranched alkanes of at least 4 members (excludes halogenated alkanes) is 2. The Morgan fingerprint density at radius 2 is 1.92 bits per heavy atom. The molecule has 1 N–H and O–H groups in total. The molecule has 2 aromatic carbocycles. The zero-order valence-corrected chi connectivity index (χ0v) is 16.3. The van der Waals surface area contributed by atoms with Gasteiger partial charge in [0, 0.05) is 33.3 Å². The van der Waals surface area contributed by atoms with Gasteiger partial charge < -0.3 is 10.1 Å². The third kappa shape index (κ3) is 6.29. The molecule has 3 nitrogen and oxygen atoms in total. The molecule has 0 heterocycles. The zero-order valence-electron chi connectivity index (χ0n) is 14.7. The molecule has 0 saturated heterocycles. The molecule has 0 radical (unpaired) electrons. The monoisotopic (exact) mass is 377 g/mol. The molecule has 0 aromatic heterocycles. The second kappa shape index (κ2) is 10.4. The first-order valence-electron chi connectivity index (χ1n) is 8.47. The van der Waals surface area contributed by atoms with E-state index in [0.29, 0.717) is 12.1 Å². The van der Waals surface area contributed by atoms with Gasteiger partial charge in [0.15, 0.2) is 0 Å². The number of carbonyl (C=O) groups is 1. The van der Waals surface area contributed by atoms with E-state index in [1.807, 2.05) is 42.5 Å². The molecule has 0 unspecified atom stereocenters. The van der Waals surface area contributed by atoms with Gasteiger partial charge in [-0.2, -0.15) is 0 Å². The third-order valence-corrected chi connectivity index (χ3v) is 5.13. The summed E-state index contributed by atoms with van der Waals surface area (Å²) in [6, 6.07) is 13.3. The third-order valence-electron chi connectivity index (χ3n) is 3.82. The van der Waals surface area contributed by atoms with Crippen molar-refractivity contribution < 1.29 is 9.53 Å². The number of benzene rings is 2. The van der Waals surface area contributed by atoms with Gasteiger partial charge in [0.2, 0.25) is 0 Å². The number of thioether (sulfide) groups is 1. The van der Waals surface area contributed by atoms with Crippen molar-refractivity contribution in [1.82, 2.24) is 5.32 Å². The molecule has 0 bridgehead atoms. The molecule has 0 spiro atoms. The molecule has 0 atom stereocenters. The number of ether oxygens (including phenoxy) is 1. The van der Waals surface area contributed by atoms with Crippen LogP contribution >= 0.6 is 23.4 Å². The predicted molar refractivity (Wildman–Crippen MR) is 106 cm³/mol. The van der Waals surface area contributed by atoms with Crippen molar-refractivity contribution in [2.24, 2.45) is 0 Å². The lowest BCUT2D eigenvalue weighted by atomic mass is 10.1. The van der Waals surface area contributed by atoms with Crippen LogP contribution in [0.15, 0.2) is 47.4 Å². The molecule has 0 aliphatic rings. The molecule has 134 valence electrons. The van der Waals surface area contributed by atoms with Crippen molar-refractivity contribution in [2.75, 3.05) is 13.7 Å². The lowest BCUT2D eigenvalue weighted by Crippen LogP contribution is -2.24. The molecule has 2 rings (SSSR count). The first kappa shape index (κ1) is 19.7. The summed E-state index contributed by atoms with van der Waals surface area (Å²) in [5.74, 6) is 1.49. The summed E-state index contributed by atoms with van der Waals surface area (Å²) in [6.45, 7) is 2.86. The fourth-order valence-electron chi connectivity index (χ4n) is 2.40. The summed E-state index contributed by atoms with van der Waals surface area (Å²) in [4.78, 5) is 13.4. The van der Waals surface area contributed by atoms with E-state index in [0.717, 1.165) is 46.2 Å². The molecule has 1 amide bonds. The number of hydrogen-bond acceptors (Lipinski definition) is 3. The Balaban J connectivity index is 2.03. The maximum absolute atomic E-state index is 12.3. The first-order chi connectivity index (χ1) is 12.1. The van der Waals surface area contributed by atoms with Crippen molar-refractivity contribution in [2.45, 2.75) is 36.8 Å². The van der Waals surface area contributed by atoms with Crippen LogP contribution in [0.4, 0.5) is 0 Å². The van der Waals surface area contributed by atoms with Crippen LogP contribution in [0, 0.1) is 0 Å². The Labute approximate surface area is 159 Å². The van der Waals surface area contributed by atoms with E-state index in [-0.39, 0.29) is 5.91 Å². The van der Waals surface area contributed by atoms with Crippen molar-refractivity contribution in [3.05, 3.63) is 58.6 Å². The summed E-state index contributed by atoms with van der Waals surface area (Å²) in [7, 11) is 1.65. The van der Waals surface area contributed by atoms with Crippen molar-refractivity contribution in [1.29, 1.82) is 0 Å². The Morgan fingerprint density at radius 3 is 2.60 bits per heavy atom. The maximum Gasteiger partial charge on any atom is 0.251 e. The van der Waals surface area contributed by atoms with Crippen LogP contribution in [0.2, 0.25) is 5.02 Å². The molecule has 0 saturated carbocycles. The van der Waals surface area contributed by atoms with Gasteiger partial charge in [0.05, 0.1) is 7.11 Å². The quantitative estimate of drug-likeness (QED) is 0.459. The molecule has 0 fully saturated rings. The number of hydrogen-bond donors (Lipinski definition) is 1. The highest BCUT2D eigenvalue weighted by Gasteiger charge is 2.10. The lowest BCUT2D eigenvalue weighted by molar-refractivity contribution is 0.0953. The van der Waals surface area contributed by atoms with Gasteiger partial charge in [-0.15, -0.1) is 11.8 Å². The number of nitrogens with one attached hydrogen (secondary N) is 1. The van der Waals surface area contributed by atoms with E-state index in [1.54, 1.807) is 18.9 Å². The van der Waals surface area contributed by atoms with Crippen molar-refractivity contribution in [3.63, 3.8) is 0 Å². The van der Waals surface area contributed by atoms with Gasteiger partial charge in [-0.05, 0) is 48.9 Å². The van der Waals surface area contributed by atoms with Gasteiger partial charge in [0.1, 0.15) is 5.75 Å². The summed E-state index contributed by atoms with van der Waals surface area (Å²) in [6.07, 6.45) is 3.29. The van der Waals surface area contributed by atoms with Gasteiger partial charge >= 0.3 is 0 Å². The summed E-state index contributed by atoms with van der Waals surface area (Å²) in [5, 5.41) is 3.70. The fourth-order valence-corrected chi connectivity index (χ4v) is 3.41. The number of halogens is 1. The van der Waals surface area contributed by atoms with Crippen LogP contribution in [0.3, 0.4) is 0 Å². The Bertz CT molecular complexity index is 689. The number of carbonyl (C=O) groups excluding carboxylic acids is 1. The highest BCUT2D eigenvalue weighted by atomic mass is 35.5. The van der Waals surface area contributed by atoms with Crippen LogP contribution in [0.1, 0.15) is 42.1 Å². The van der Waals surface area contributed by atoms with E-state index in [2.05, 4.69) is 12.2 Å². The topological polar surface area (TPSA) is 38.3 Å². The second-order valence-corrected chi connectivity index (χ2v) is 7.22. The van der Waals surface area contributed by atoms with Gasteiger partial charge in [-0.25, -0.2) is 0 Å². The number of rotatable bonds is 9. The Kier molecular flexibility index (Phi) is 8.16. The second-order valence-electron chi connectivity index (χ2n) is 5.73. The Hall–Kier alpha value is -1.65. The number of amides is 1. The fraction of sp³-hybridized carbons (Fsp3) is 0.350. The van der Waals surface area contributed by atoms with E-state index in [9.17, 15) is 4.79 Å². The molecule has 2 aromatic rings. The average molecular weight is 378 g/mol. The van der Waals surface area contributed by atoms with E-state index >= 15 is 0 Å². The van der Waals surface area contributed by atoms with Gasteiger partial charge in [-0.1, -0.05) is 31.4 Å². The van der Waals surface area contributed by atoms with E-state index < -0.39 is 0 Å². The van der Waals surface area contributed by atoms with E-state index in [1.165, 1.54) is 0 Å². The molecule has 0 aliphatic carbocycles. The zero-order chi connectivity index (χ0) is 18.1. The molecule has 5 heteroatoms. The Morgan fingerprint density at radius 1 is 1.16 bits per heavy atom. The van der Waals surface area contributed by atoms with E-state index in [4.69, 9.17) is 16.3 Å². The van der Waals surface area contributed by atoms with Crippen LogP contribution in [-0.4, -0.2) is 19.6 Å². The minimum atomic E-state index is -0.0310.